The van der Waals surface area contributed by atoms with Gasteiger partial charge in [-0.1, -0.05) is 30.3 Å². The van der Waals surface area contributed by atoms with Crippen LogP contribution in [0, 0.1) is 5.82 Å². The summed E-state index contributed by atoms with van der Waals surface area (Å²) in [5.41, 5.74) is 0.189. The minimum Gasteiger partial charge on any atom is -0.280 e. The molecule has 4 aromatic rings. The van der Waals surface area contributed by atoms with Crippen LogP contribution in [0.25, 0.3) is 16.9 Å². The number of benzene rings is 3. The van der Waals surface area contributed by atoms with Gasteiger partial charge in [0.2, 0.25) is 0 Å². The molecule has 32 heavy (non-hydrogen) atoms. The first kappa shape index (κ1) is 21.6. The van der Waals surface area contributed by atoms with Crippen LogP contribution in [-0.4, -0.2) is 18.2 Å². The van der Waals surface area contributed by atoms with Crippen molar-refractivity contribution in [3.8, 4) is 16.9 Å². The molecule has 1 heterocycles. The summed E-state index contributed by atoms with van der Waals surface area (Å²) in [5.74, 6) is -0.568. The highest BCUT2D eigenvalue weighted by molar-refractivity contribution is 7.92. The Morgan fingerprint density at radius 3 is 2.06 bits per heavy atom. The molecule has 0 aliphatic heterocycles. The van der Waals surface area contributed by atoms with Gasteiger partial charge in [-0.15, -0.1) is 0 Å². The maximum Gasteiger partial charge on any atom is 0.435 e. The fraction of sp³-hybridized carbons (Fsp3) is 0.0455. The Kier molecular flexibility index (Phi) is 5.47. The van der Waals surface area contributed by atoms with Gasteiger partial charge in [0.15, 0.2) is 5.69 Å². The molecular formula is C22H15F4N3O2S. The number of halogens is 4. The van der Waals surface area contributed by atoms with E-state index in [9.17, 15) is 26.0 Å². The maximum absolute atomic E-state index is 13.3. The van der Waals surface area contributed by atoms with Gasteiger partial charge < -0.3 is 0 Å². The lowest BCUT2D eigenvalue weighted by molar-refractivity contribution is -0.141. The average Bonchev–Trinajstić information content (AvgIpc) is 3.21. The van der Waals surface area contributed by atoms with Crippen LogP contribution in [0.4, 0.5) is 23.2 Å². The summed E-state index contributed by atoms with van der Waals surface area (Å²) in [6, 6.07) is 19.4. The number of nitrogens with one attached hydrogen (secondary N) is 1. The normalized spacial score (nSPS) is 12.0. The molecule has 0 fully saturated rings. The monoisotopic (exact) mass is 461 g/mol. The zero-order valence-electron chi connectivity index (χ0n) is 16.2. The molecule has 0 amide bonds. The highest BCUT2D eigenvalue weighted by atomic mass is 32.2. The Hall–Kier alpha value is -3.66. The topological polar surface area (TPSA) is 64.0 Å². The Balaban J connectivity index is 1.67. The standard InChI is InChI=1S/C22H15F4N3O2S/c23-16-8-12-19(13-9-16)32(30,31)28-17-10-6-15(7-11-17)20-14-21(22(24,25)26)27-29(20)18-4-2-1-3-5-18/h1-14,28H. The third-order valence-electron chi connectivity index (χ3n) is 4.56. The molecule has 164 valence electrons. The summed E-state index contributed by atoms with van der Waals surface area (Å²) in [7, 11) is -3.96. The van der Waals surface area contributed by atoms with E-state index in [1.807, 2.05) is 0 Å². The summed E-state index contributed by atoms with van der Waals surface area (Å²) in [6.45, 7) is 0. The molecule has 4 rings (SSSR count). The number of sulfonamides is 1. The van der Waals surface area contributed by atoms with Crippen molar-refractivity contribution < 1.29 is 26.0 Å². The maximum atomic E-state index is 13.3. The zero-order valence-corrected chi connectivity index (χ0v) is 17.0. The third-order valence-corrected chi connectivity index (χ3v) is 5.95. The van der Waals surface area contributed by atoms with Crippen molar-refractivity contribution in [3.63, 3.8) is 0 Å². The second-order valence-electron chi connectivity index (χ2n) is 6.80. The average molecular weight is 461 g/mol. The van der Waals surface area contributed by atoms with Crippen molar-refractivity contribution in [2.24, 2.45) is 0 Å². The molecule has 10 heteroatoms. The second-order valence-corrected chi connectivity index (χ2v) is 8.48. The van der Waals surface area contributed by atoms with Crippen LogP contribution in [0.5, 0.6) is 0 Å². The van der Waals surface area contributed by atoms with Crippen molar-refractivity contribution in [1.29, 1.82) is 0 Å². The van der Waals surface area contributed by atoms with Gasteiger partial charge in [0.25, 0.3) is 10.0 Å². The van der Waals surface area contributed by atoms with E-state index in [2.05, 4.69) is 9.82 Å². The lowest BCUT2D eigenvalue weighted by Crippen LogP contribution is -2.12. The number of nitrogens with zero attached hydrogens (tertiary/aromatic N) is 2. The van der Waals surface area contributed by atoms with Crippen LogP contribution in [-0.2, 0) is 16.2 Å². The second kappa shape index (κ2) is 8.12. The van der Waals surface area contributed by atoms with Crippen molar-refractivity contribution in [2.45, 2.75) is 11.1 Å². The Morgan fingerprint density at radius 2 is 1.47 bits per heavy atom. The van der Waals surface area contributed by atoms with Crippen LogP contribution in [0.3, 0.4) is 0 Å². The molecule has 0 spiro atoms. The van der Waals surface area contributed by atoms with Gasteiger partial charge in [-0.25, -0.2) is 17.5 Å². The number of para-hydroxylation sites is 1. The molecule has 0 saturated heterocycles. The van der Waals surface area contributed by atoms with E-state index in [1.165, 1.54) is 28.9 Å². The van der Waals surface area contributed by atoms with E-state index in [1.54, 1.807) is 30.3 Å². The van der Waals surface area contributed by atoms with Crippen molar-refractivity contribution >= 4 is 15.7 Å². The molecular weight excluding hydrogens is 446 g/mol. The predicted octanol–water partition coefficient (Wildman–Crippen LogP) is 5.50. The Bertz CT molecular complexity index is 1330. The Labute approximate surface area is 181 Å². The Morgan fingerprint density at radius 1 is 0.844 bits per heavy atom. The van der Waals surface area contributed by atoms with E-state index in [4.69, 9.17) is 0 Å². The number of aromatic nitrogens is 2. The smallest absolute Gasteiger partial charge is 0.280 e. The number of anilines is 1. The van der Waals surface area contributed by atoms with Gasteiger partial charge in [0.05, 0.1) is 16.3 Å². The van der Waals surface area contributed by atoms with Gasteiger partial charge in [0, 0.05) is 11.3 Å². The van der Waals surface area contributed by atoms with Crippen molar-refractivity contribution in [3.05, 3.63) is 96.4 Å². The number of hydrogen-bond donors (Lipinski definition) is 1. The summed E-state index contributed by atoms with van der Waals surface area (Å²) in [6.07, 6.45) is -4.63. The molecule has 5 nitrogen and oxygen atoms in total. The van der Waals surface area contributed by atoms with E-state index in [0.717, 1.165) is 30.3 Å². The molecule has 3 aromatic carbocycles. The first-order valence-corrected chi connectivity index (χ1v) is 10.7. The molecule has 0 unspecified atom stereocenters. The van der Waals surface area contributed by atoms with Crippen LogP contribution in [0.1, 0.15) is 5.69 Å². The molecule has 0 saturated carbocycles. The molecule has 0 atom stereocenters. The quantitative estimate of drug-likeness (QED) is 0.400. The number of alkyl halides is 3. The summed E-state index contributed by atoms with van der Waals surface area (Å²) < 4.78 is 81.3. The number of rotatable bonds is 5. The first-order valence-electron chi connectivity index (χ1n) is 9.25. The van der Waals surface area contributed by atoms with Crippen LogP contribution < -0.4 is 4.72 Å². The van der Waals surface area contributed by atoms with Crippen LogP contribution in [0.15, 0.2) is 89.8 Å². The fourth-order valence-electron chi connectivity index (χ4n) is 3.03. The van der Waals surface area contributed by atoms with Crippen molar-refractivity contribution in [2.75, 3.05) is 4.72 Å². The molecule has 0 aliphatic carbocycles. The number of hydrogen-bond acceptors (Lipinski definition) is 3. The lowest BCUT2D eigenvalue weighted by atomic mass is 10.1. The summed E-state index contributed by atoms with van der Waals surface area (Å²) >= 11 is 0. The molecule has 0 radical (unpaired) electrons. The van der Waals surface area contributed by atoms with Crippen molar-refractivity contribution in [1.82, 2.24) is 9.78 Å². The van der Waals surface area contributed by atoms with Gasteiger partial charge in [0.1, 0.15) is 5.82 Å². The van der Waals surface area contributed by atoms with Gasteiger partial charge in [-0.05, 0) is 54.6 Å². The molecule has 0 aliphatic rings. The largest absolute Gasteiger partial charge is 0.435 e. The minimum atomic E-state index is -4.63. The lowest BCUT2D eigenvalue weighted by Gasteiger charge is -2.10. The zero-order chi connectivity index (χ0) is 22.9. The van der Waals surface area contributed by atoms with E-state index in [0.29, 0.717) is 11.3 Å². The van der Waals surface area contributed by atoms with Gasteiger partial charge >= 0.3 is 6.18 Å². The highest BCUT2D eigenvalue weighted by Crippen LogP contribution is 2.33. The molecule has 1 aromatic heterocycles. The third kappa shape index (κ3) is 4.50. The van der Waals surface area contributed by atoms with Crippen LogP contribution >= 0.6 is 0 Å². The SMILES string of the molecule is O=S(=O)(Nc1ccc(-c2cc(C(F)(F)F)nn2-c2ccccc2)cc1)c1ccc(F)cc1. The molecule has 0 bridgehead atoms. The predicted molar refractivity (Wildman–Crippen MR) is 111 cm³/mol. The van der Waals surface area contributed by atoms with Crippen LogP contribution in [0.2, 0.25) is 0 Å². The molecule has 1 N–H and O–H groups in total. The van der Waals surface area contributed by atoms with E-state index >= 15 is 0 Å². The van der Waals surface area contributed by atoms with E-state index in [-0.39, 0.29) is 16.3 Å². The fourth-order valence-corrected chi connectivity index (χ4v) is 4.09. The highest BCUT2D eigenvalue weighted by Gasteiger charge is 2.35. The summed E-state index contributed by atoms with van der Waals surface area (Å²) in [4.78, 5) is -0.125. The van der Waals surface area contributed by atoms with E-state index < -0.39 is 27.7 Å². The first-order chi connectivity index (χ1) is 15.1. The minimum absolute atomic E-state index is 0.125. The van der Waals surface area contributed by atoms with Gasteiger partial charge in [-0.2, -0.15) is 18.3 Å². The summed E-state index contributed by atoms with van der Waals surface area (Å²) in [5, 5.41) is 3.71. The van der Waals surface area contributed by atoms with Gasteiger partial charge in [-0.3, -0.25) is 4.72 Å².